The van der Waals surface area contributed by atoms with E-state index in [1.165, 1.54) is 12.1 Å². The smallest absolute Gasteiger partial charge is 0.377 e. The van der Waals surface area contributed by atoms with Crippen LogP contribution in [0.3, 0.4) is 0 Å². The van der Waals surface area contributed by atoms with Crippen LogP contribution >= 0.6 is 11.6 Å². The third kappa shape index (κ3) is 7.67. The van der Waals surface area contributed by atoms with E-state index < -0.39 is 11.7 Å². The zero-order chi connectivity index (χ0) is 21.3. The monoisotopic (exact) mass is 423 g/mol. The highest BCUT2D eigenvalue weighted by Crippen LogP contribution is 2.29. The van der Waals surface area contributed by atoms with Crippen molar-refractivity contribution in [3.8, 4) is 0 Å². The molecule has 0 unspecified atom stereocenters. The molecule has 0 radical (unpaired) electrons. The fourth-order valence-electron chi connectivity index (χ4n) is 2.72. The van der Waals surface area contributed by atoms with Crippen molar-refractivity contribution in [2.45, 2.75) is 39.5 Å². The van der Waals surface area contributed by atoms with E-state index in [0.29, 0.717) is 36.8 Å². The quantitative estimate of drug-likeness (QED) is 0.241. The van der Waals surface area contributed by atoms with Gasteiger partial charge in [-0.1, -0.05) is 42.5 Å². The van der Waals surface area contributed by atoms with Gasteiger partial charge in [0.15, 0.2) is 0 Å². The van der Waals surface area contributed by atoms with Crippen molar-refractivity contribution in [1.29, 1.82) is 0 Å². The largest absolute Gasteiger partial charge is 0.416 e. The number of rotatable bonds is 9. The van der Waals surface area contributed by atoms with Crippen LogP contribution in [0.25, 0.3) is 0 Å². The molecule has 0 fully saturated rings. The van der Waals surface area contributed by atoms with Crippen molar-refractivity contribution in [3.63, 3.8) is 0 Å². The van der Waals surface area contributed by atoms with Crippen molar-refractivity contribution in [3.05, 3.63) is 82.6 Å². The molecule has 0 N–H and O–H groups in total. The normalized spacial score (nSPS) is 13.4. The molecule has 6 heteroatoms. The lowest BCUT2D eigenvalue weighted by atomic mass is 10.1. The number of hydrogen-bond acceptors (Lipinski definition) is 2. The van der Waals surface area contributed by atoms with Crippen molar-refractivity contribution in [1.82, 2.24) is 0 Å². The molecule has 0 aliphatic heterocycles. The van der Waals surface area contributed by atoms with Crippen LogP contribution in [0.15, 0.2) is 70.9 Å². The Kier molecular flexibility index (Phi) is 8.93. The van der Waals surface area contributed by atoms with Gasteiger partial charge in [0.25, 0.3) is 0 Å². The predicted molar refractivity (Wildman–Crippen MR) is 112 cm³/mol. The molecule has 0 aliphatic carbocycles. The van der Waals surface area contributed by atoms with E-state index in [0.717, 1.165) is 35.4 Å². The summed E-state index contributed by atoms with van der Waals surface area (Å²) in [7, 11) is 0. The molecule has 0 heterocycles. The standard InChI is InChI=1S/C23H25ClF3NO/c1-17(15-24)22(9-6-14-29-16-19-7-4-3-5-8-19)28-18(2)20-10-12-21(13-11-20)23(25,26)27/h3-5,7-8,10-13H,6,9,14-16H2,1-2H3/b22-17+,28-18+. The van der Waals surface area contributed by atoms with Gasteiger partial charge in [-0.3, -0.25) is 4.99 Å². The molecule has 2 nitrogen and oxygen atoms in total. The Morgan fingerprint density at radius 3 is 2.24 bits per heavy atom. The summed E-state index contributed by atoms with van der Waals surface area (Å²) >= 11 is 5.98. The first-order valence-corrected chi connectivity index (χ1v) is 9.94. The van der Waals surface area contributed by atoms with Gasteiger partial charge < -0.3 is 4.74 Å². The fraction of sp³-hybridized carbons (Fsp3) is 0.348. The topological polar surface area (TPSA) is 21.6 Å². The maximum atomic E-state index is 12.7. The summed E-state index contributed by atoms with van der Waals surface area (Å²) in [5.41, 5.74) is 3.55. The van der Waals surface area contributed by atoms with Gasteiger partial charge in [0.2, 0.25) is 0 Å². The predicted octanol–water partition coefficient (Wildman–Crippen LogP) is 7.02. The molecular formula is C23H25ClF3NO. The molecule has 0 aromatic heterocycles. The molecule has 0 saturated heterocycles. The van der Waals surface area contributed by atoms with E-state index in [1.54, 1.807) is 6.92 Å². The zero-order valence-electron chi connectivity index (χ0n) is 16.6. The first-order chi connectivity index (χ1) is 13.8. The van der Waals surface area contributed by atoms with Crippen molar-refractivity contribution in [2.75, 3.05) is 12.5 Å². The van der Waals surface area contributed by atoms with Crippen LogP contribution in [0.2, 0.25) is 0 Å². The van der Waals surface area contributed by atoms with Gasteiger partial charge in [-0.25, -0.2) is 0 Å². The van der Waals surface area contributed by atoms with Crippen molar-refractivity contribution >= 4 is 17.3 Å². The molecule has 2 aromatic carbocycles. The number of alkyl halides is 4. The Morgan fingerprint density at radius 1 is 1.00 bits per heavy atom. The fourth-order valence-corrected chi connectivity index (χ4v) is 2.87. The average Bonchev–Trinajstić information content (AvgIpc) is 2.72. The number of halogens is 4. The molecule has 29 heavy (non-hydrogen) atoms. The highest BCUT2D eigenvalue weighted by atomic mass is 35.5. The van der Waals surface area contributed by atoms with Crippen LogP contribution in [-0.2, 0) is 17.5 Å². The maximum absolute atomic E-state index is 12.7. The van der Waals surface area contributed by atoms with Crippen molar-refractivity contribution in [2.24, 2.45) is 4.99 Å². The lowest BCUT2D eigenvalue weighted by molar-refractivity contribution is -0.137. The van der Waals surface area contributed by atoms with Crippen LogP contribution < -0.4 is 0 Å². The average molecular weight is 424 g/mol. The molecule has 0 saturated carbocycles. The van der Waals surface area contributed by atoms with Crippen LogP contribution in [0, 0.1) is 0 Å². The molecule has 0 bridgehead atoms. The zero-order valence-corrected chi connectivity index (χ0v) is 17.4. The third-order valence-corrected chi connectivity index (χ3v) is 4.84. The molecule has 0 atom stereocenters. The maximum Gasteiger partial charge on any atom is 0.416 e. The first-order valence-electron chi connectivity index (χ1n) is 9.40. The molecule has 0 spiro atoms. The number of nitrogens with zero attached hydrogens (tertiary/aromatic N) is 1. The van der Waals surface area contributed by atoms with Gasteiger partial charge in [0.1, 0.15) is 0 Å². The van der Waals surface area contributed by atoms with Gasteiger partial charge in [0.05, 0.1) is 12.2 Å². The van der Waals surface area contributed by atoms with E-state index in [-0.39, 0.29) is 0 Å². The summed E-state index contributed by atoms with van der Waals surface area (Å²) < 4.78 is 43.9. The highest BCUT2D eigenvalue weighted by molar-refractivity contribution is 6.19. The number of benzene rings is 2. The van der Waals surface area contributed by atoms with E-state index in [1.807, 2.05) is 37.3 Å². The summed E-state index contributed by atoms with van der Waals surface area (Å²) in [5, 5.41) is 0. The second-order valence-electron chi connectivity index (χ2n) is 6.77. The minimum atomic E-state index is -4.34. The minimum Gasteiger partial charge on any atom is -0.377 e. The summed E-state index contributed by atoms with van der Waals surface area (Å²) in [4.78, 5) is 4.64. The summed E-state index contributed by atoms with van der Waals surface area (Å²) in [6.45, 7) is 4.84. The SMILES string of the molecule is C/C(=N\C(CCCOCc1ccccc1)=C(/C)CCl)c1ccc(C(F)(F)F)cc1. The molecule has 2 rings (SSSR count). The highest BCUT2D eigenvalue weighted by Gasteiger charge is 2.29. The van der Waals surface area contributed by atoms with E-state index >= 15 is 0 Å². The summed E-state index contributed by atoms with van der Waals surface area (Å²) in [6.07, 6.45) is -2.88. The Balaban J connectivity index is 1.97. The molecular weight excluding hydrogens is 399 g/mol. The van der Waals surface area contributed by atoms with E-state index in [4.69, 9.17) is 16.3 Å². The lowest BCUT2D eigenvalue weighted by Crippen LogP contribution is -2.05. The third-order valence-electron chi connectivity index (χ3n) is 4.44. The van der Waals surface area contributed by atoms with Gasteiger partial charge in [0, 0.05) is 23.9 Å². The second-order valence-corrected chi connectivity index (χ2v) is 7.04. The summed E-state index contributed by atoms with van der Waals surface area (Å²) in [6, 6.07) is 15.0. The summed E-state index contributed by atoms with van der Waals surface area (Å²) in [5.74, 6) is 0.351. The Hall–Kier alpha value is -2.11. The van der Waals surface area contributed by atoms with E-state index in [9.17, 15) is 13.2 Å². The number of aliphatic imine (C=N–C) groups is 1. The van der Waals surface area contributed by atoms with Crippen LogP contribution in [0.5, 0.6) is 0 Å². The second kappa shape index (κ2) is 11.2. The Morgan fingerprint density at radius 2 is 1.66 bits per heavy atom. The molecule has 0 aliphatic rings. The minimum absolute atomic E-state index is 0.351. The van der Waals surface area contributed by atoms with Gasteiger partial charge in [-0.05, 0) is 55.5 Å². The number of ether oxygens (including phenoxy) is 1. The molecule has 0 amide bonds. The van der Waals surface area contributed by atoms with Crippen LogP contribution in [-0.4, -0.2) is 18.2 Å². The molecule has 2 aromatic rings. The van der Waals surface area contributed by atoms with E-state index in [2.05, 4.69) is 4.99 Å². The number of allylic oxidation sites excluding steroid dienone is 2. The van der Waals surface area contributed by atoms with Crippen molar-refractivity contribution < 1.29 is 17.9 Å². The first kappa shape index (κ1) is 23.2. The van der Waals surface area contributed by atoms with Gasteiger partial charge in [-0.2, -0.15) is 13.2 Å². The van der Waals surface area contributed by atoms with Crippen LogP contribution in [0.1, 0.15) is 43.4 Å². The lowest BCUT2D eigenvalue weighted by Gasteiger charge is -2.10. The Bertz CT molecular complexity index is 827. The Labute approximate surface area is 175 Å². The van der Waals surface area contributed by atoms with Crippen LogP contribution in [0.4, 0.5) is 13.2 Å². The molecule has 156 valence electrons. The van der Waals surface area contributed by atoms with Gasteiger partial charge >= 0.3 is 6.18 Å². The van der Waals surface area contributed by atoms with Gasteiger partial charge in [-0.15, -0.1) is 11.6 Å². The number of hydrogen-bond donors (Lipinski definition) is 0.